The Kier molecular flexibility index (Phi) is 3.47. The highest BCUT2D eigenvalue weighted by Crippen LogP contribution is 2.29. The van der Waals surface area contributed by atoms with Gasteiger partial charge in [0.2, 0.25) is 0 Å². The van der Waals surface area contributed by atoms with Crippen molar-refractivity contribution in [2.75, 3.05) is 0 Å². The predicted octanol–water partition coefficient (Wildman–Crippen LogP) is 3.58. The molecule has 0 fully saturated rings. The number of pyridine rings is 1. The molecule has 1 aromatic carbocycles. The first-order valence-electron chi connectivity index (χ1n) is 6.45. The largest absolute Gasteiger partial charge is 0.478 e. The Balaban J connectivity index is 2.28. The first-order chi connectivity index (χ1) is 10.1. The highest BCUT2D eigenvalue weighted by atomic mass is 79.9. The second-order valence-corrected chi connectivity index (χ2v) is 5.43. The molecule has 0 amide bonds. The normalized spacial score (nSPS) is 11.0. The van der Waals surface area contributed by atoms with Gasteiger partial charge in [-0.25, -0.2) is 9.78 Å². The zero-order chi connectivity index (χ0) is 15.0. The molecule has 0 aliphatic carbocycles. The smallest absolute Gasteiger partial charge is 0.336 e. The minimum Gasteiger partial charge on any atom is -0.478 e. The number of rotatable bonds is 3. The van der Waals surface area contributed by atoms with Crippen LogP contribution in [0, 0.1) is 0 Å². The van der Waals surface area contributed by atoms with E-state index in [1.807, 2.05) is 25.3 Å². The minimum absolute atomic E-state index is 0.228. The van der Waals surface area contributed by atoms with E-state index >= 15 is 0 Å². The van der Waals surface area contributed by atoms with E-state index in [1.54, 1.807) is 23.0 Å². The van der Waals surface area contributed by atoms with Gasteiger partial charge < -0.3 is 5.11 Å². The van der Waals surface area contributed by atoms with E-state index in [0.717, 1.165) is 16.6 Å². The van der Waals surface area contributed by atoms with Crippen LogP contribution in [-0.2, 0) is 6.54 Å². The maximum absolute atomic E-state index is 11.5. The fourth-order valence-corrected chi connectivity index (χ4v) is 2.80. The molecule has 0 atom stereocenters. The maximum Gasteiger partial charge on any atom is 0.336 e. The Morgan fingerprint density at radius 2 is 2.24 bits per heavy atom. The molecule has 1 N–H and O–H groups in total. The van der Waals surface area contributed by atoms with Crippen molar-refractivity contribution in [3.63, 3.8) is 0 Å². The van der Waals surface area contributed by atoms with Gasteiger partial charge in [0.25, 0.3) is 0 Å². The predicted molar refractivity (Wildman–Crippen MR) is 83.3 cm³/mol. The summed E-state index contributed by atoms with van der Waals surface area (Å²) >= 11 is 3.39. The van der Waals surface area contributed by atoms with Crippen LogP contribution in [0.5, 0.6) is 0 Å². The first kappa shape index (κ1) is 13.8. The number of aromatic nitrogens is 3. The zero-order valence-corrected chi connectivity index (χ0v) is 12.8. The maximum atomic E-state index is 11.5. The SMILES string of the molecule is CCn1cc(-c2cc(C(=O)O)c3c(Br)cccc3n2)cn1. The summed E-state index contributed by atoms with van der Waals surface area (Å²) in [6.45, 7) is 2.75. The van der Waals surface area contributed by atoms with Crippen molar-refractivity contribution < 1.29 is 9.90 Å². The van der Waals surface area contributed by atoms with Crippen molar-refractivity contribution in [1.29, 1.82) is 0 Å². The molecule has 0 unspecified atom stereocenters. The number of halogens is 1. The zero-order valence-electron chi connectivity index (χ0n) is 11.2. The number of carboxylic acid groups (broad SMARTS) is 1. The number of benzene rings is 1. The lowest BCUT2D eigenvalue weighted by Crippen LogP contribution is -2.00. The van der Waals surface area contributed by atoms with Crippen molar-refractivity contribution in [2.45, 2.75) is 13.5 Å². The molecule has 0 saturated carbocycles. The van der Waals surface area contributed by atoms with Crippen LogP contribution in [0.3, 0.4) is 0 Å². The molecule has 0 aliphatic heterocycles. The number of nitrogens with zero attached hydrogens (tertiary/aromatic N) is 3. The standard InChI is InChI=1S/C15H12BrN3O2/c1-2-19-8-9(7-17-19)13-6-10(15(20)21)14-11(16)4-3-5-12(14)18-13/h3-8H,2H2,1H3,(H,20,21). The number of aromatic carboxylic acids is 1. The number of fused-ring (bicyclic) bond motifs is 1. The van der Waals surface area contributed by atoms with Gasteiger partial charge in [-0.3, -0.25) is 4.68 Å². The number of carboxylic acids is 1. The highest BCUT2D eigenvalue weighted by Gasteiger charge is 2.15. The van der Waals surface area contributed by atoms with Gasteiger partial charge in [0.05, 0.1) is 23.0 Å². The first-order valence-corrected chi connectivity index (χ1v) is 7.25. The molecule has 5 nitrogen and oxygen atoms in total. The summed E-state index contributed by atoms with van der Waals surface area (Å²) in [6.07, 6.45) is 3.55. The van der Waals surface area contributed by atoms with Crippen molar-refractivity contribution >= 4 is 32.8 Å². The molecule has 106 valence electrons. The third-order valence-electron chi connectivity index (χ3n) is 3.27. The number of hydrogen-bond acceptors (Lipinski definition) is 3. The summed E-state index contributed by atoms with van der Waals surface area (Å²) < 4.78 is 2.50. The van der Waals surface area contributed by atoms with Crippen molar-refractivity contribution in [1.82, 2.24) is 14.8 Å². The van der Waals surface area contributed by atoms with Crippen molar-refractivity contribution in [2.24, 2.45) is 0 Å². The van der Waals surface area contributed by atoms with Gasteiger partial charge in [0.1, 0.15) is 0 Å². The quantitative estimate of drug-likeness (QED) is 0.787. The van der Waals surface area contributed by atoms with E-state index in [2.05, 4.69) is 26.0 Å². The molecule has 0 aliphatic rings. The molecule has 0 bridgehead atoms. The van der Waals surface area contributed by atoms with Crippen LogP contribution in [-0.4, -0.2) is 25.8 Å². The molecule has 0 spiro atoms. The fourth-order valence-electron chi connectivity index (χ4n) is 2.23. The van der Waals surface area contributed by atoms with E-state index in [9.17, 15) is 9.90 Å². The monoisotopic (exact) mass is 345 g/mol. The molecule has 0 radical (unpaired) electrons. The number of hydrogen-bond donors (Lipinski definition) is 1. The Bertz CT molecular complexity index is 842. The molecule has 2 heterocycles. The Hall–Kier alpha value is -2.21. The van der Waals surface area contributed by atoms with Gasteiger partial charge in [-0.1, -0.05) is 22.0 Å². The third kappa shape index (κ3) is 2.42. The molecule has 2 aromatic heterocycles. The lowest BCUT2D eigenvalue weighted by atomic mass is 10.1. The van der Waals surface area contributed by atoms with Crippen LogP contribution < -0.4 is 0 Å². The van der Waals surface area contributed by atoms with Crippen LogP contribution in [0.4, 0.5) is 0 Å². The van der Waals surface area contributed by atoms with Gasteiger partial charge in [0.15, 0.2) is 0 Å². The lowest BCUT2D eigenvalue weighted by molar-refractivity contribution is 0.0699. The van der Waals surface area contributed by atoms with E-state index < -0.39 is 5.97 Å². The second-order valence-electron chi connectivity index (χ2n) is 4.58. The Morgan fingerprint density at radius 1 is 1.43 bits per heavy atom. The van der Waals surface area contributed by atoms with Crippen molar-refractivity contribution in [3.8, 4) is 11.3 Å². The van der Waals surface area contributed by atoms with E-state index in [0.29, 0.717) is 16.6 Å². The molecule has 6 heteroatoms. The molecular weight excluding hydrogens is 334 g/mol. The van der Waals surface area contributed by atoms with E-state index in [1.165, 1.54) is 0 Å². The van der Waals surface area contributed by atoms with Gasteiger partial charge in [-0.2, -0.15) is 5.10 Å². The topological polar surface area (TPSA) is 68.0 Å². The van der Waals surface area contributed by atoms with Crippen LogP contribution in [0.15, 0.2) is 41.1 Å². The second kappa shape index (κ2) is 5.29. The minimum atomic E-state index is -0.974. The van der Waals surface area contributed by atoms with Gasteiger partial charge in [0, 0.05) is 28.2 Å². The Morgan fingerprint density at radius 3 is 2.90 bits per heavy atom. The summed E-state index contributed by atoms with van der Waals surface area (Å²) in [6, 6.07) is 7.04. The highest BCUT2D eigenvalue weighted by molar-refractivity contribution is 9.10. The summed E-state index contributed by atoms with van der Waals surface area (Å²) in [5, 5.41) is 14.3. The van der Waals surface area contributed by atoms with E-state index in [-0.39, 0.29) is 5.56 Å². The van der Waals surface area contributed by atoms with Crippen LogP contribution in [0.2, 0.25) is 0 Å². The number of aryl methyl sites for hydroxylation is 1. The average Bonchev–Trinajstić information content (AvgIpc) is 2.95. The van der Waals surface area contributed by atoms with E-state index in [4.69, 9.17) is 0 Å². The summed E-state index contributed by atoms with van der Waals surface area (Å²) in [7, 11) is 0. The third-order valence-corrected chi connectivity index (χ3v) is 3.93. The van der Waals surface area contributed by atoms with Crippen LogP contribution in [0.1, 0.15) is 17.3 Å². The summed E-state index contributed by atoms with van der Waals surface area (Å²) in [5.74, 6) is -0.974. The fraction of sp³-hybridized carbons (Fsp3) is 0.133. The molecule has 0 saturated heterocycles. The van der Waals surface area contributed by atoms with Crippen molar-refractivity contribution in [3.05, 3.63) is 46.7 Å². The Labute approximate surface area is 129 Å². The van der Waals surface area contributed by atoms with Gasteiger partial charge in [-0.05, 0) is 25.1 Å². The molecular formula is C15H12BrN3O2. The molecule has 21 heavy (non-hydrogen) atoms. The van der Waals surface area contributed by atoms with Gasteiger partial charge in [-0.15, -0.1) is 0 Å². The van der Waals surface area contributed by atoms with Gasteiger partial charge >= 0.3 is 5.97 Å². The van der Waals surface area contributed by atoms with Crippen LogP contribution in [0.25, 0.3) is 22.2 Å². The average molecular weight is 346 g/mol. The summed E-state index contributed by atoms with van der Waals surface area (Å²) in [4.78, 5) is 16.1. The summed E-state index contributed by atoms with van der Waals surface area (Å²) in [5.41, 5.74) is 2.29. The molecule has 3 rings (SSSR count). The van der Waals surface area contributed by atoms with Crippen LogP contribution >= 0.6 is 15.9 Å². The lowest BCUT2D eigenvalue weighted by Gasteiger charge is -2.07. The number of carbonyl (C=O) groups is 1. The molecule has 3 aromatic rings.